The summed E-state index contributed by atoms with van der Waals surface area (Å²) in [6, 6.07) is 6.50. The van der Waals surface area contributed by atoms with E-state index in [1.807, 2.05) is 0 Å². The number of rotatable bonds is 11. The van der Waals surface area contributed by atoms with Crippen molar-refractivity contribution in [1.29, 1.82) is 0 Å². The largest absolute Gasteiger partial charge is 0.497 e. The van der Waals surface area contributed by atoms with Gasteiger partial charge in [0.05, 0.1) is 37.4 Å². The second-order valence-electron chi connectivity index (χ2n) is 14.7. The maximum absolute atomic E-state index is 14.6. The van der Waals surface area contributed by atoms with Crippen LogP contribution in [0.15, 0.2) is 35.9 Å². The Labute approximate surface area is 277 Å². The molecule has 1 aliphatic heterocycles. The topological polar surface area (TPSA) is 127 Å². The van der Waals surface area contributed by atoms with Crippen molar-refractivity contribution in [2.75, 3.05) is 27.4 Å². The van der Waals surface area contributed by atoms with Crippen molar-refractivity contribution in [3.8, 4) is 5.75 Å². The summed E-state index contributed by atoms with van der Waals surface area (Å²) in [5.74, 6) is 0.289. The van der Waals surface area contributed by atoms with Gasteiger partial charge >= 0.3 is 11.9 Å². The fourth-order valence-electron chi connectivity index (χ4n) is 10.6. The molecule has 1 N–H and O–H groups in total. The molecule has 3 saturated carbocycles. The third-order valence-corrected chi connectivity index (χ3v) is 12.5. The summed E-state index contributed by atoms with van der Waals surface area (Å²) < 4.78 is 35.4. The first-order valence-electron chi connectivity index (χ1n) is 17.1. The average molecular weight is 655 g/mol. The number of allylic oxidation sites excluding steroid dienone is 1. The zero-order valence-electron chi connectivity index (χ0n) is 28.6. The summed E-state index contributed by atoms with van der Waals surface area (Å²) in [5.41, 5.74) is -1.58. The molecule has 1 heterocycles. The molecule has 5 aliphatic rings. The highest BCUT2D eigenvalue weighted by atomic mass is 16.7. The average Bonchev–Trinajstić information content (AvgIpc) is 3.63. The number of ether oxygens (including phenoxy) is 6. The SMILES string of the molecule is CCOC(=O)C12C(C(C)C)=CC3CC1(C=O)[C@@H]1CC[C@@H](C)[C@H]1CC32CO[C@@H]1OC(C)[C@@H](OC)C(OC(=O)c2ccc(OC)cc2)C1O. The number of fused-ring (bicyclic) bond motifs is 2. The van der Waals surface area contributed by atoms with Crippen molar-refractivity contribution in [2.24, 2.45) is 45.8 Å². The molecule has 12 atom stereocenters. The van der Waals surface area contributed by atoms with Gasteiger partial charge in [0.25, 0.3) is 0 Å². The Hall–Kier alpha value is -2.79. The molecule has 258 valence electrons. The van der Waals surface area contributed by atoms with E-state index in [4.69, 9.17) is 28.4 Å². The van der Waals surface area contributed by atoms with Gasteiger partial charge in [-0.3, -0.25) is 4.79 Å². The van der Waals surface area contributed by atoms with Crippen LogP contribution in [0.4, 0.5) is 0 Å². The van der Waals surface area contributed by atoms with Crippen LogP contribution in [0.1, 0.15) is 70.7 Å². The van der Waals surface area contributed by atoms with Gasteiger partial charge in [0.15, 0.2) is 12.4 Å². The van der Waals surface area contributed by atoms with Crippen LogP contribution in [0.3, 0.4) is 0 Å². The van der Waals surface area contributed by atoms with E-state index < -0.39 is 52.9 Å². The number of methoxy groups -OCH3 is 2. The molecule has 10 nitrogen and oxygen atoms in total. The van der Waals surface area contributed by atoms with Crippen LogP contribution in [0.2, 0.25) is 0 Å². The third-order valence-electron chi connectivity index (χ3n) is 12.5. The molecule has 1 aromatic carbocycles. The molecule has 7 unspecified atom stereocenters. The molecule has 1 saturated heterocycles. The van der Waals surface area contributed by atoms with Crippen LogP contribution in [0.25, 0.3) is 0 Å². The Kier molecular flexibility index (Phi) is 9.13. The highest BCUT2D eigenvalue weighted by Crippen LogP contribution is 2.82. The van der Waals surface area contributed by atoms with Crippen molar-refractivity contribution < 1.29 is 47.9 Å². The molecule has 47 heavy (non-hydrogen) atoms. The normalized spacial score (nSPS) is 41.7. The van der Waals surface area contributed by atoms with E-state index in [9.17, 15) is 19.5 Å². The minimum Gasteiger partial charge on any atom is -0.497 e. The van der Waals surface area contributed by atoms with Crippen molar-refractivity contribution in [3.63, 3.8) is 0 Å². The van der Waals surface area contributed by atoms with E-state index in [0.29, 0.717) is 30.1 Å². The van der Waals surface area contributed by atoms with Crippen LogP contribution in [0, 0.1) is 45.8 Å². The lowest BCUT2D eigenvalue weighted by atomic mass is 9.43. The van der Waals surface area contributed by atoms with Gasteiger partial charge in [-0.25, -0.2) is 4.79 Å². The van der Waals surface area contributed by atoms with E-state index in [1.54, 1.807) is 45.2 Å². The van der Waals surface area contributed by atoms with Gasteiger partial charge in [-0.05, 0) is 87.0 Å². The number of benzene rings is 1. The molecule has 6 rings (SSSR count). The van der Waals surface area contributed by atoms with E-state index >= 15 is 0 Å². The number of carbonyl (C=O) groups is 3. The van der Waals surface area contributed by atoms with Gasteiger partial charge in [-0.1, -0.05) is 38.8 Å². The van der Waals surface area contributed by atoms with Gasteiger partial charge in [-0.15, -0.1) is 0 Å². The monoisotopic (exact) mass is 654 g/mol. The second kappa shape index (κ2) is 12.6. The third kappa shape index (κ3) is 4.76. The highest BCUT2D eigenvalue weighted by Gasteiger charge is 2.84. The molecule has 1 aromatic rings. The van der Waals surface area contributed by atoms with Gasteiger partial charge in [0.2, 0.25) is 0 Å². The Balaban J connectivity index is 1.34. The molecule has 4 fully saturated rings. The summed E-state index contributed by atoms with van der Waals surface area (Å²) in [6.45, 7) is 10.3. The van der Waals surface area contributed by atoms with Crippen LogP contribution in [-0.4, -0.2) is 81.5 Å². The molecular weight excluding hydrogens is 604 g/mol. The predicted octanol–water partition coefficient (Wildman–Crippen LogP) is 4.76. The molecule has 10 heteroatoms. The van der Waals surface area contributed by atoms with Crippen LogP contribution in [-0.2, 0) is 33.3 Å². The van der Waals surface area contributed by atoms with Crippen LogP contribution >= 0.6 is 0 Å². The molecule has 4 aliphatic carbocycles. The lowest BCUT2D eigenvalue weighted by molar-refractivity contribution is -0.306. The lowest BCUT2D eigenvalue weighted by Crippen LogP contribution is -2.65. The minimum atomic E-state index is -1.39. The van der Waals surface area contributed by atoms with Gasteiger partial charge in [-0.2, -0.15) is 0 Å². The zero-order chi connectivity index (χ0) is 33.9. The van der Waals surface area contributed by atoms with E-state index in [0.717, 1.165) is 24.7 Å². The second-order valence-corrected chi connectivity index (χ2v) is 14.7. The number of aliphatic hydroxyl groups is 1. The Morgan fingerprint density at radius 1 is 1.09 bits per heavy atom. The summed E-state index contributed by atoms with van der Waals surface area (Å²) in [4.78, 5) is 41.3. The molecular formula is C37H50O10. The fourth-order valence-corrected chi connectivity index (χ4v) is 10.6. The van der Waals surface area contributed by atoms with Crippen molar-refractivity contribution >= 4 is 18.2 Å². The van der Waals surface area contributed by atoms with Gasteiger partial charge < -0.3 is 38.3 Å². The maximum Gasteiger partial charge on any atom is 0.338 e. The quantitative estimate of drug-likeness (QED) is 0.203. The summed E-state index contributed by atoms with van der Waals surface area (Å²) in [6.07, 6.45) is 1.50. The molecule has 0 radical (unpaired) electrons. The standard InChI is InChI=1S/C37H50O10/c1-8-44-34(41)37-28(20(2)3)15-24-16-35(37,18-38)27-14-9-21(4)26(27)17-36(24,37)19-45-33-29(39)31(30(43-7)22(5)46-33)47-32(40)23-10-12-25(42-6)13-11-23/h10-13,15,18,20-22,24,26-27,29-31,33,39H,8-9,14,16-17,19H2,1-7H3/t21-,22?,24?,26-,27-,29?,30-,31?,33-,35?,36?,37?/m1/s1. The molecule has 0 aromatic heterocycles. The Morgan fingerprint density at radius 3 is 2.43 bits per heavy atom. The highest BCUT2D eigenvalue weighted by molar-refractivity contribution is 5.92. The first-order chi connectivity index (χ1) is 22.5. The first kappa shape index (κ1) is 34.1. The zero-order valence-corrected chi connectivity index (χ0v) is 28.6. The predicted molar refractivity (Wildman–Crippen MR) is 170 cm³/mol. The fraction of sp³-hybridized carbons (Fsp3) is 0.703. The van der Waals surface area contributed by atoms with Crippen LogP contribution < -0.4 is 4.74 Å². The van der Waals surface area contributed by atoms with E-state index in [-0.39, 0.29) is 42.9 Å². The minimum absolute atomic E-state index is 0.0135. The Bertz CT molecular complexity index is 1390. The number of hydrogen-bond donors (Lipinski definition) is 1. The van der Waals surface area contributed by atoms with Crippen LogP contribution in [0.5, 0.6) is 5.75 Å². The first-order valence-corrected chi connectivity index (χ1v) is 17.1. The number of aldehydes is 1. The van der Waals surface area contributed by atoms with E-state index in [2.05, 4.69) is 26.8 Å². The van der Waals surface area contributed by atoms with Crippen molar-refractivity contribution in [2.45, 2.75) is 91.0 Å². The van der Waals surface area contributed by atoms with Gasteiger partial charge in [0, 0.05) is 12.5 Å². The lowest BCUT2D eigenvalue weighted by Gasteiger charge is -2.59. The molecule has 0 spiro atoms. The van der Waals surface area contributed by atoms with Gasteiger partial charge in [0.1, 0.15) is 29.7 Å². The maximum atomic E-state index is 14.6. The molecule has 4 bridgehead atoms. The number of aliphatic hydroxyl groups excluding tert-OH is 1. The summed E-state index contributed by atoms with van der Waals surface area (Å²) in [5, 5.41) is 11.7. The number of esters is 2. The molecule has 0 amide bonds. The number of carbonyl (C=O) groups excluding carboxylic acids is 3. The number of hydrogen-bond acceptors (Lipinski definition) is 10. The summed E-state index contributed by atoms with van der Waals surface area (Å²) >= 11 is 0. The van der Waals surface area contributed by atoms with Crippen molar-refractivity contribution in [3.05, 3.63) is 41.5 Å². The summed E-state index contributed by atoms with van der Waals surface area (Å²) in [7, 11) is 3.02. The van der Waals surface area contributed by atoms with Crippen molar-refractivity contribution in [1.82, 2.24) is 0 Å². The smallest absolute Gasteiger partial charge is 0.338 e. The Morgan fingerprint density at radius 2 is 1.81 bits per heavy atom. The van der Waals surface area contributed by atoms with E-state index in [1.165, 1.54) is 7.11 Å².